The number of halogens is 1. The maximum absolute atomic E-state index is 12.1. The van der Waals surface area contributed by atoms with Crippen LogP contribution in [0.25, 0.3) is 20.5 Å². The Morgan fingerprint density at radius 3 is 2.50 bits per heavy atom. The Labute approximate surface area is 117 Å². The Balaban J connectivity index is 2.29. The largest absolute Gasteiger partial charge is 0.289 e. The van der Waals surface area contributed by atoms with Gasteiger partial charge in [0.1, 0.15) is 0 Å². The van der Waals surface area contributed by atoms with Gasteiger partial charge in [-0.2, -0.15) is 0 Å². The van der Waals surface area contributed by atoms with Gasteiger partial charge in [0.15, 0.2) is 5.43 Å². The molecular formula is C15H9BrOS. The van der Waals surface area contributed by atoms with Gasteiger partial charge < -0.3 is 0 Å². The zero-order valence-corrected chi connectivity index (χ0v) is 11.8. The maximum Gasteiger partial charge on any atom is 0.188 e. The Bertz CT molecular complexity index is 762. The highest BCUT2D eigenvalue weighted by molar-refractivity contribution is 9.10. The summed E-state index contributed by atoms with van der Waals surface area (Å²) in [7, 11) is 0. The van der Waals surface area contributed by atoms with Crippen LogP contribution in [0.5, 0.6) is 0 Å². The molecular weight excluding hydrogens is 308 g/mol. The zero-order chi connectivity index (χ0) is 12.5. The van der Waals surface area contributed by atoms with Crippen LogP contribution in [-0.2, 0) is 0 Å². The number of rotatable bonds is 1. The fourth-order valence-electron chi connectivity index (χ4n) is 1.87. The molecule has 2 aromatic carbocycles. The minimum atomic E-state index is 0.0731. The molecule has 0 aliphatic heterocycles. The Hall–Kier alpha value is -1.45. The molecule has 0 saturated heterocycles. The van der Waals surface area contributed by atoms with Gasteiger partial charge in [0.05, 0.1) is 0 Å². The molecule has 0 aliphatic carbocycles. The highest BCUT2D eigenvalue weighted by Gasteiger charge is 2.05. The monoisotopic (exact) mass is 316 g/mol. The maximum atomic E-state index is 12.1. The zero-order valence-electron chi connectivity index (χ0n) is 9.39. The minimum absolute atomic E-state index is 0.0731. The van der Waals surface area contributed by atoms with Crippen molar-refractivity contribution >= 4 is 37.4 Å². The second-order valence-corrected chi connectivity index (χ2v) is 5.98. The molecule has 1 heterocycles. The van der Waals surface area contributed by atoms with E-state index in [0.29, 0.717) is 0 Å². The first kappa shape index (κ1) is 11.6. The van der Waals surface area contributed by atoms with Crippen molar-refractivity contribution in [2.24, 2.45) is 0 Å². The molecule has 3 rings (SSSR count). The van der Waals surface area contributed by atoms with Crippen LogP contribution in [0.15, 0.2) is 63.9 Å². The van der Waals surface area contributed by atoms with Gasteiger partial charge in [0.2, 0.25) is 0 Å². The van der Waals surface area contributed by atoms with Gasteiger partial charge in [-0.25, -0.2) is 0 Å². The summed E-state index contributed by atoms with van der Waals surface area (Å²) in [5.74, 6) is 0. The van der Waals surface area contributed by atoms with Crippen molar-refractivity contribution in [2.45, 2.75) is 0 Å². The third-order valence-corrected chi connectivity index (χ3v) is 4.39. The van der Waals surface area contributed by atoms with E-state index >= 15 is 0 Å². The van der Waals surface area contributed by atoms with Gasteiger partial charge in [-0.3, -0.25) is 4.79 Å². The molecule has 0 N–H and O–H groups in total. The molecule has 18 heavy (non-hydrogen) atoms. The van der Waals surface area contributed by atoms with Gasteiger partial charge in [-0.1, -0.05) is 46.3 Å². The van der Waals surface area contributed by atoms with Crippen molar-refractivity contribution in [1.82, 2.24) is 0 Å². The summed E-state index contributed by atoms with van der Waals surface area (Å²) in [5, 5.41) is 0.772. The molecule has 88 valence electrons. The van der Waals surface area contributed by atoms with Gasteiger partial charge in [0, 0.05) is 25.5 Å². The molecule has 1 nitrogen and oxygen atoms in total. The molecule has 0 unspecified atom stereocenters. The van der Waals surface area contributed by atoms with E-state index in [9.17, 15) is 4.79 Å². The molecule has 0 atom stereocenters. The van der Waals surface area contributed by atoms with Crippen LogP contribution >= 0.6 is 27.3 Å². The molecule has 0 fully saturated rings. The van der Waals surface area contributed by atoms with Gasteiger partial charge in [-0.05, 0) is 23.8 Å². The van der Waals surface area contributed by atoms with E-state index in [1.807, 2.05) is 48.5 Å². The summed E-state index contributed by atoms with van der Waals surface area (Å²) >= 11 is 5.04. The van der Waals surface area contributed by atoms with Gasteiger partial charge in [-0.15, -0.1) is 11.3 Å². The van der Waals surface area contributed by atoms with E-state index < -0.39 is 0 Å². The molecule has 3 aromatic rings. The lowest BCUT2D eigenvalue weighted by Crippen LogP contribution is -1.98. The first-order chi connectivity index (χ1) is 8.74. The quantitative estimate of drug-likeness (QED) is 0.636. The van der Waals surface area contributed by atoms with E-state index in [1.54, 1.807) is 17.4 Å². The van der Waals surface area contributed by atoms with E-state index in [0.717, 1.165) is 25.0 Å². The van der Waals surface area contributed by atoms with Crippen molar-refractivity contribution in [3.05, 3.63) is 69.3 Å². The molecule has 1 aromatic heterocycles. The van der Waals surface area contributed by atoms with Crippen LogP contribution < -0.4 is 5.43 Å². The molecule has 0 saturated carbocycles. The van der Waals surface area contributed by atoms with Gasteiger partial charge in [0.25, 0.3) is 0 Å². The first-order valence-corrected chi connectivity index (χ1v) is 7.14. The second kappa shape index (κ2) is 4.67. The predicted molar refractivity (Wildman–Crippen MR) is 81.2 cm³/mol. The van der Waals surface area contributed by atoms with E-state index in [2.05, 4.69) is 15.9 Å². The SMILES string of the molecule is O=c1cc(-c2ccccc2)sc2ccc(Br)cc12. The molecule has 0 amide bonds. The summed E-state index contributed by atoms with van der Waals surface area (Å²) < 4.78 is 1.95. The van der Waals surface area contributed by atoms with Crippen molar-refractivity contribution in [1.29, 1.82) is 0 Å². The number of fused-ring (bicyclic) bond motifs is 1. The predicted octanol–water partition coefficient (Wildman–Crippen LogP) is 4.69. The lowest BCUT2D eigenvalue weighted by Gasteiger charge is -2.02. The van der Waals surface area contributed by atoms with Crippen LogP contribution in [0, 0.1) is 0 Å². The van der Waals surface area contributed by atoms with Crippen molar-refractivity contribution < 1.29 is 0 Å². The number of hydrogen-bond acceptors (Lipinski definition) is 2. The van der Waals surface area contributed by atoms with Crippen molar-refractivity contribution in [3.8, 4) is 10.4 Å². The topological polar surface area (TPSA) is 17.1 Å². The highest BCUT2D eigenvalue weighted by Crippen LogP contribution is 2.28. The third-order valence-electron chi connectivity index (χ3n) is 2.75. The Morgan fingerprint density at radius 2 is 1.72 bits per heavy atom. The summed E-state index contributed by atoms with van der Waals surface area (Å²) in [6.07, 6.45) is 0. The Morgan fingerprint density at radius 1 is 0.944 bits per heavy atom. The average molecular weight is 317 g/mol. The molecule has 0 radical (unpaired) electrons. The molecule has 3 heteroatoms. The fourth-order valence-corrected chi connectivity index (χ4v) is 3.30. The van der Waals surface area contributed by atoms with Gasteiger partial charge >= 0.3 is 0 Å². The lowest BCUT2D eigenvalue weighted by molar-refractivity contribution is 1.65. The summed E-state index contributed by atoms with van der Waals surface area (Å²) in [6, 6.07) is 17.5. The summed E-state index contributed by atoms with van der Waals surface area (Å²) in [4.78, 5) is 13.1. The minimum Gasteiger partial charge on any atom is -0.289 e. The van der Waals surface area contributed by atoms with Crippen molar-refractivity contribution in [2.75, 3.05) is 0 Å². The summed E-state index contributed by atoms with van der Waals surface area (Å²) in [5.41, 5.74) is 1.16. The van der Waals surface area contributed by atoms with Crippen LogP contribution in [-0.4, -0.2) is 0 Å². The van der Waals surface area contributed by atoms with Crippen molar-refractivity contribution in [3.63, 3.8) is 0 Å². The van der Waals surface area contributed by atoms with E-state index in [4.69, 9.17) is 0 Å². The van der Waals surface area contributed by atoms with E-state index in [-0.39, 0.29) is 5.43 Å². The first-order valence-electron chi connectivity index (χ1n) is 5.53. The lowest BCUT2D eigenvalue weighted by atomic mass is 10.2. The molecule has 0 spiro atoms. The Kier molecular flexibility index (Phi) is 3.02. The molecule has 0 bridgehead atoms. The fraction of sp³-hybridized carbons (Fsp3) is 0. The molecule has 0 aliphatic rings. The average Bonchev–Trinajstić information content (AvgIpc) is 2.40. The summed E-state index contributed by atoms with van der Waals surface area (Å²) in [6.45, 7) is 0. The second-order valence-electron chi connectivity index (χ2n) is 3.98. The van der Waals surface area contributed by atoms with Crippen LogP contribution in [0.4, 0.5) is 0 Å². The highest BCUT2D eigenvalue weighted by atomic mass is 79.9. The smallest absolute Gasteiger partial charge is 0.188 e. The van der Waals surface area contributed by atoms with Crippen LogP contribution in [0.3, 0.4) is 0 Å². The third kappa shape index (κ3) is 2.11. The standard InChI is InChI=1S/C15H9BrOS/c16-11-6-7-14-12(8-11)13(17)9-15(18-14)10-4-2-1-3-5-10/h1-9H. The normalized spacial score (nSPS) is 10.7. The number of benzene rings is 2. The van der Waals surface area contributed by atoms with Crippen LogP contribution in [0.1, 0.15) is 0 Å². The van der Waals surface area contributed by atoms with E-state index in [1.165, 1.54) is 0 Å². The number of hydrogen-bond donors (Lipinski definition) is 0. The van der Waals surface area contributed by atoms with Crippen LogP contribution in [0.2, 0.25) is 0 Å².